The lowest BCUT2D eigenvalue weighted by Crippen LogP contribution is -2.66. The number of carbonyl (C=O) groups is 2. The zero-order valence-corrected chi connectivity index (χ0v) is 11.9. The fourth-order valence-electron chi connectivity index (χ4n) is 2.50. The molecule has 1 aromatic carbocycles. The first-order chi connectivity index (χ1) is 9.50. The summed E-state index contributed by atoms with van der Waals surface area (Å²) in [5.41, 5.74) is -0.194. The van der Waals surface area contributed by atoms with Gasteiger partial charge < -0.3 is 10.2 Å². The van der Waals surface area contributed by atoms with Crippen LogP contribution in [0.4, 0.5) is 0 Å². The van der Waals surface area contributed by atoms with Crippen molar-refractivity contribution in [3.05, 3.63) is 48.6 Å². The van der Waals surface area contributed by atoms with Crippen molar-refractivity contribution in [1.82, 2.24) is 10.2 Å². The second kappa shape index (κ2) is 5.49. The monoisotopic (exact) mass is 272 g/mol. The standard InChI is InChI=1S/C16H20N2O2/c1-4-5-11-18-12(2)14(19)17-16(3,15(18)20)13-9-7-6-8-10-13/h4,6-10,12H,1,5,11H2,2-3H3,(H,17,19). The Balaban J connectivity index is 2.37. The summed E-state index contributed by atoms with van der Waals surface area (Å²) >= 11 is 0. The average Bonchev–Trinajstić information content (AvgIpc) is 2.46. The minimum atomic E-state index is -0.994. The van der Waals surface area contributed by atoms with Gasteiger partial charge in [-0.25, -0.2) is 0 Å². The third-order valence-corrected chi connectivity index (χ3v) is 3.83. The van der Waals surface area contributed by atoms with Crippen LogP contribution in [-0.2, 0) is 15.1 Å². The van der Waals surface area contributed by atoms with Crippen LogP contribution in [0, 0.1) is 0 Å². The number of nitrogens with one attached hydrogen (secondary N) is 1. The van der Waals surface area contributed by atoms with Gasteiger partial charge in [-0.15, -0.1) is 6.58 Å². The minimum Gasteiger partial charge on any atom is -0.336 e. The van der Waals surface area contributed by atoms with Crippen LogP contribution in [0.25, 0.3) is 0 Å². The quantitative estimate of drug-likeness (QED) is 0.850. The summed E-state index contributed by atoms with van der Waals surface area (Å²) in [7, 11) is 0. The largest absolute Gasteiger partial charge is 0.336 e. The Labute approximate surface area is 119 Å². The number of carbonyl (C=O) groups excluding carboxylic acids is 2. The molecule has 1 aliphatic heterocycles. The van der Waals surface area contributed by atoms with Gasteiger partial charge in [0.2, 0.25) is 5.91 Å². The van der Waals surface area contributed by atoms with Gasteiger partial charge in [0, 0.05) is 6.54 Å². The molecule has 20 heavy (non-hydrogen) atoms. The normalized spacial score (nSPS) is 26.3. The van der Waals surface area contributed by atoms with Crippen molar-refractivity contribution < 1.29 is 9.59 Å². The van der Waals surface area contributed by atoms with Gasteiger partial charge in [0.1, 0.15) is 11.6 Å². The Kier molecular flexibility index (Phi) is 3.93. The van der Waals surface area contributed by atoms with Gasteiger partial charge in [-0.3, -0.25) is 9.59 Å². The lowest BCUT2D eigenvalue weighted by Gasteiger charge is -2.43. The number of nitrogens with zero attached hydrogens (tertiary/aromatic N) is 1. The molecule has 4 heteroatoms. The number of hydrogen-bond acceptors (Lipinski definition) is 2. The second-order valence-corrected chi connectivity index (χ2v) is 5.23. The molecule has 2 amide bonds. The van der Waals surface area contributed by atoms with Crippen molar-refractivity contribution >= 4 is 11.8 Å². The number of hydrogen-bond donors (Lipinski definition) is 1. The van der Waals surface area contributed by atoms with E-state index in [4.69, 9.17) is 0 Å². The number of amides is 2. The summed E-state index contributed by atoms with van der Waals surface area (Å²) in [5, 5.41) is 2.86. The highest BCUT2D eigenvalue weighted by Gasteiger charge is 2.47. The van der Waals surface area contributed by atoms with Crippen molar-refractivity contribution in [2.24, 2.45) is 0 Å². The Hall–Kier alpha value is -2.10. The van der Waals surface area contributed by atoms with E-state index in [2.05, 4.69) is 11.9 Å². The summed E-state index contributed by atoms with van der Waals surface area (Å²) in [6.45, 7) is 7.69. The van der Waals surface area contributed by atoms with E-state index in [0.717, 1.165) is 5.56 Å². The lowest BCUT2D eigenvalue weighted by molar-refractivity contribution is -0.154. The third-order valence-electron chi connectivity index (χ3n) is 3.83. The number of rotatable bonds is 4. The van der Waals surface area contributed by atoms with E-state index >= 15 is 0 Å². The smallest absolute Gasteiger partial charge is 0.253 e. The zero-order valence-electron chi connectivity index (χ0n) is 11.9. The minimum absolute atomic E-state index is 0.0716. The van der Waals surface area contributed by atoms with Crippen LogP contribution in [0.2, 0.25) is 0 Å². The molecule has 0 aromatic heterocycles. The molecule has 106 valence electrons. The summed E-state index contributed by atoms with van der Waals surface area (Å²) in [4.78, 5) is 26.6. The molecule has 1 aliphatic rings. The molecule has 2 atom stereocenters. The molecule has 1 fully saturated rings. The number of benzene rings is 1. The highest BCUT2D eigenvalue weighted by atomic mass is 16.2. The molecule has 0 bridgehead atoms. The van der Waals surface area contributed by atoms with Crippen molar-refractivity contribution in [2.45, 2.75) is 31.8 Å². The van der Waals surface area contributed by atoms with E-state index in [-0.39, 0.29) is 11.8 Å². The van der Waals surface area contributed by atoms with E-state index in [0.29, 0.717) is 13.0 Å². The van der Waals surface area contributed by atoms with Crippen molar-refractivity contribution in [3.63, 3.8) is 0 Å². The maximum atomic E-state index is 12.8. The molecular weight excluding hydrogens is 252 g/mol. The Morgan fingerprint density at radius 1 is 1.35 bits per heavy atom. The van der Waals surface area contributed by atoms with Crippen LogP contribution in [0.3, 0.4) is 0 Å². The maximum absolute atomic E-state index is 12.8. The van der Waals surface area contributed by atoms with Crippen molar-refractivity contribution in [1.29, 1.82) is 0 Å². The molecule has 1 N–H and O–H groups in total. The van der Waals surface area contributed by atoms with Gasteiger partial charge in [-0.05, 0) is 25.8 Å². The maximum Gasteiger partial charge on any atom is 0.253 e. The highest BCUT2D eigenvalue weighted by molar-refractivity contribution is 6.00. The Morgan fingerprint density at radius 3 is 2.60 bits per heavy atom. The lowest BCUT2D eigenvalue weighted by atomic mass is 9.87. The van der Waals surface area contributed by atoms with Gasteiger partial charge in [-0.1, -0.05) is 36.4 Å². The number of piperazine rings is 1. The predicted octanol–water partition coefficient (Wildman–Crippen LogP) is 1.82. The molecule has 2 rings (SSSR count). The van der Waals surface area contributed by atoms with Gasteiger partial charge in [0.15, 0.2) is 0 Å². The van der Waals surface area contributed by atoms with Crippen LogP contribution in [0.5, 0.6) is 0 Å². The van der Waals surface area contributed by atoms with E-state index in [9.17, 15) is 9.59 Å². The SMILES string of the molecule is C=CCCN1C(=O)C(C)(c2ccccc2)NC(=O)C1C. The predicted molar refractivity (Wildman–Crippen MR) is 77.9 cm³/mol. The third kappa shape index (κ3) is 2.33. The molecule has 1 heterocycles. The molecule has 1 aromatic rings. The highest BCUT2D eigenvalue weighted by Crippen LogP contribution is 2.28. The van der Waals surface area contributed by atoms with Gasteiger partial charge in [0.25, 0.3) is 5.91 Å². The fraction of sp³-hybridized carbons (Fsp3) is 0.375. The first-order valence-electron chi connectivity index (χ1n) is 6.80. The second-order valence-electron chi connectivity index (χ2n) is 5.23. The summed E-state index contributed by atoms with van der Waals surface area (Å²) in [5.74, 6) is -0.197. The fourth-order valence-corrected chi connectivity index (χ4v) is 2.50. The molecule has 0 saturated carbocycles. The summed E-state index contributed by atoms with van der Waals surface area (Å²) in [6, 6.07) is 8.90. The summed E-state index contributed by atoms with van der Waals surface area (Å²) < 4.78 is 0. The van der Waals surface area contributed by atoms with Gasteiger partial charge in [0.05, 0.1) is 0 Å². The van der Waals surface area contributed by atoms with Crippen molar-refractivity contribution in [3.8, 4) is 0 Å². The average molecular weight is 272 g/mol. The van der Waals surface area contributed by atoms with E-state index in [1.54, 1.807) is 24.8 Å². The topological polar surface area (TPSA) is 49.4 Å². The first-order valence-corrected chi connectivity index (χ1v) is 6.80. The molecule has 2 unspecified atom stereocenters. The first kappa shape index (κ1) is 14.3. The van der Waals surface area contributed by atoms with Crippen LogP contribution in [0.1, 0.15) is 25.8 Å². The van der Waals surface area contributed by atoms with Crippen LogP contribution in [0.15, 0.2) is 43.0 Å². The van der Waals surface area contributed by atoms with Gasteiger partial charge >= 0.3 is 0 Å². The Bertz CT molecular complexity index is 527. The van der Waals surface area contributed by atoms with Crippen LogP contribution in [-0.4, -0.2) is 29.3 Å². The zero-order chi connectivity index (χ0) is 14.8. The van der Waals surface area contributed by atoms with Gasteiger partial charge in [-0.2, -0.15) is 0 Å². The molecule has 1 saturated heterocycles. The van der Waals surface area contributed by atoms with E-state index < -0.39 is 11.6 Å². The van der Waals surface area contributed by atoms with E-state index in [1.807, 2.05) is 30.3 Å². The van der Waals surface area contributed by atoms with Crippen molar-refractivity contribution in [2.75, 3.05) is 6.54 Å². The van der Waals surface area contributed by atoms with E-state index in [1.165, 1.54) is 0 Å². The molecule has 0 aliphatic carbocycles. The Morgan fingerprint density at radius 2 is 2.00 bits per heavy atom. The van der Waals surface area contributed by atoms with Crippen LogP contribution < -0.4 is 5.32 Å². The van der Waals surface area contributed by atoms with Crippen LogP contribution >= 0.6 is 0 Å². The molecule has 0 radical (unpaired) electrons. The summed E-state index contributed by atoms with van der Waals surface area (Å²) in [6.07, 6.45) is 2.43. The molecule has 0 spiro atoms. The molecular formula is C16H20N2O2. The molecule has 4 nitrogen and oxygen atoms in total.